The number of hydrogen-bond donors (Lipinski definition) is 2. The Bertz CT molecular complexity index is 1000. The van der Waals surface area contributed by atoms with E-state index in [2.05, 4.69) is 20.3 Å². The molecule has 144 valence electrons. The lowest BCUT2D eigenvalue weighted by molar-refractivity contribution is -0.132. The van der Waals surface area contributed by atoms with Crippen LogP contribution in [0.5, 0.6) is 0 Å². The van der Waals surface area contributed by atoms with Crippen LogP contribution >= 0.6 is 23.4 Å². The van der Waals surface area contributed by atoms with Gasteiger partial charge in [0, 0.05) is 11.4 Å². The molecule has 0 saturated heterocycles. The summed E-state index contributed by atoms with van der Waals surface area (Å²) in [6.07, 6.45) is 2.14. The van der Waals surface area contributed by atoms with Crippen molar-refractivity contribution in [3.05, 3.63) is 59.0 Å². The molecular weight excluding hydrogens is 400 g/mol. The highest BCUT2D eigenvalue weighted by Gasteiger charge is 2.37. The monoisotopic (exact) mass is 416 g/mol. The Balaban J connectivity index is 1.60. The van der Waals surface area contributed by atoms with E-state index in [9.17, 15) is 4.79 Å². The zero-order chi connectivity index (χ0) is 19.7. The van der Waals surface area contributed by atoms with Crippen LogP contribution < -0.4 is 5.73 Å². The van der Waals surface area contributed by atoms with Crippen molar-refractivity contribution in [3.63, 3.8) is 0 Å². The third-order valence-corrected chi connectivity index (χ3v) is 5.50. The number of hydrazone groups is 1. The van der Waals surface area contributed by atoms with Gasteiger partial charge in [-0.25, -0.2) is 10.1 Å². The summed E-state index contributed by atoms with van der Waals surface area (Å²) in [4.78, 5) is 17.2. The molecule has 2 atom stereocenters. The number of halogens is 1. The number of H-pyrrole nitrogens is 1. The molecular formula is C18H17ClN6O2S. The molecule has 0 fully saturated rings. The van der Waals surface area contributed by atoms with Crippen molar-refractivity contribution in [3.8, 4) is 0 Å². The van der Waals surface area contributed by atoms with E-state index in [1.54, 1.807) is 31.4 Å². The third kappa shape index (κ3) is 3.76. The number of carbonyl (C=O) groups is 1. The minimum Gasteiger partial charge on any atom is -0.467 e. The van der Waals surface area contributed by atoms with Crippen LogP contribution in [0.25, 0.3) is 0 Å². The highest BCUT2D eigenvalue weighted by atomic mass is 35.5. The number of furan rings is 1. The fourth-order valence-corrected chi connectivity index (χ4v) is 3.84. The minimum atomic E-state index is -0.457. The summed E-state index contributed by atoms with van der Waals surface area (Å²) in [6, 6.07) is 10.7. The molecule has 1 aromatic carbocycles. The highest BCUT2D eigenvalue weighted by Crippen LogP contribution is 2.35. The van der Waals surface area contributed by atoms with E-state index in [4.69, 9.17) is 21.8 Å². The number of aromatic nitrogens is 3. The summed E-state index contributed by atoms with van der Waals surface area (Å²) in [5.41, 5.74) is 7.26. The van der Waals surface area contributed by atoms with E-state index >= 15 is 0 Å². The standard InChI is InChI=1S/C18H17ClN6O2S/c1-10(28-18-21-17(20)22-23-18)16(26)25-14(15-3-2-8-27-15)9-13(24-25)11-4-6-12(19)7-5-11/h2-8,10,14H,9H2,1H3,(H3,20,21,22,23)/t10-,14+/m0/s1. The zero-order valence-corrected chi connectivity index (χ0v) is 16.4. The van der Waals surface area contributed by atoms with Crippen molar-refractivity contribution in [2.24, 2.45) is 5.10 Å². The van der Waals surface area contributed by atoms with Crippen LogP contribution in [0, 0.1) is 0 Å². The fraction of sp³-hybridized carbons (Fsp3) is 0.222. The Morgan fingerprint density at radius 3 is 2.82 bits per heavy atom. The third-order valence-electron chi connectivity index (χ3n) is 4.30. The van der Waals surface area contributed by atoms with Crippen LogP contribution in [0.3, 0.4) is 0 Å². The minimum absolute atomic E-state index is 0.168. The van der Waals surface area contributed by atoms with Crippen molar-refractivity contribution in [2.45, 2.75) is 29.8 Å². The van der Waals surface area contributed by atoms with Crippen LogP contribution in [-0.4, -0.2) is 37.1 Å². The Morgan fingerprint density at radius 1 is 1.39 bits per heavy atom. The number of nitrogen functional groups attached to an aromatic ring is 1. The molecule has 0 spiro atoms. The van der Waals surface area contributed by atoms with E-state index in [-0.39, 0.29) is 17.9 Å². The first-order chi connectivity index (χ1) is 13.5. The topological polar surface area (TPSA) is 113 Å². The Hall–Kier alpha value is -2.78. The van der Waals surface area contributed by atoms with E-state index < -0.39 is 5.25 Å². The molecule has 1 aliphatic rings. The summed E-state index contributed by atoms with van der Waals surface area (Å²) < 4.78 is 5.56. The normalized spacial score (nSPS) is 17.6. The lowest BCUT2D eigenvalue weighted by Crippen LogP contribution is -2.33. The van der Waals surface area contributed by atoms with Crippen LogP contribution in [-0.2, 0) is 4.79 Å². The molecule has 0 radical (unpaired) electrons. The van der Waals surface area contributed by atoms with Gasteiger partial charge in [-0.05, 0) is 36.8 Å². The molecule has 4 rings (SSSR count). The average Bonchev–Trinajstić information content (AvgIpc) is 3.42. The number of aromatic amines is 1. The summed E-state index contributed by atoms with van der Waals surface area (Å²) in [5, 5.41) is 13.2. The summed E-state index contributed by atoms with van der Waals surface area (Å²) in [7, 11) is 0. The second-order valence-electron chi connectivity index (χ2n) is 6.24. The fourth-order valence-electron chi connectivity index (χ4n) is 2.94. The second-order valence-corrected chi connectivity index (χ2v) is 7.98. The molecule has 0 bridgehead atoms. The summed E-state index contributed by atoms with van der Waals surface area (Å²) >= 11 is 7.20. The molecule has 28 heavy (non-hydrogen) atoms. The van der Waals surface area contributed by atoms with E-state index in [1.807, 2.05) is 18.2 Å². The lowest BCUT2D eigenvalue weighted by Gasteiger charge is -2.22. The molecule has 2 aromatic heterocycles. The summed E-state index contributed by atoms with van der Waals surface area (Å²) in [6.45, 7) is 1.79. The van der Waals surface area contributed by atoms with Gasteiger partial charge in [-0.15, -0.1) is 5.10 Å². The number of nitrogens with one attached hydrogen (secondary N) is 1. The maximum absolute atomic E-state index is 13.1. The van der Waals surface area contributed by atoms with Gasteiger partial charge in [0.05, 0.1) is 17.2 Å². The number of nitrogens with zero attached hydrogens (tertiary/aromatic N) is 4. The number of thioether (sulfide) groups is 1. The quantitative estimate of drug-likeness (QED) is 0.615. The first-order valence-electron chi connectivity index (χ1n) is 8.55. The molecule has 0 saturated carbocycles. The Labute approximate surface area is 170 Å². The average molecular weight is 417 g/mol. The molecule has 0 aliphatic carbocycles. The van der Waals surface area contributed by atoms with Crippen LogP contribution in [0.4, 0.5) is 5.95 Å². The maximum Gasteiger partial charge on any atom is 0.256 e. The van der Waals surface area contributed by atoms with Crippen molar-refractivity contribution < 1.29 is 9.21 Å². The van der Waals surface area contributed by atoms with Crippen molar-refractivity contribution >= 4 is 40.9 Å². The van der Waals surface area contributed by atoms with Gasteiger partial charge in [0.15, 0.2) is 0 Å². The zero-order valence-electron chi connectivity index (χ0n) is 14.9. The Morgan fingerprint density at radius 2 is 2.18 bits per heavy atom. The molecule has 0 unspecified atom stereocenters. The van der Waals surface area contributed by atoms with E-state index in [0.29, 0.717) is 22.4 Å². The molecule has 3 heterocycles. The number of rotatable bonds is 5. The number of carbonyl (C=O) groups excluding carboxylic acids is 1. The second kappa shape index (κ2) is 7.69. The van der Waals surface area contributed by atoms with Crippen LogP contribution in [0.1, 0.15) is 30.7 Å². The largest absolute Gasteiger partial charge is 0.467 e. The van der Waals surface area contributed by atoms with Gasteiger partial charge in [0.2, 0.25) is 11.1 Å². The van der Waals surface area contributed by atoms with Gasteiger partial charge in [-0.3, -0.25) is 4.79 Å². The highest BCUT2D eigenvalue weighted by molar-refractivity contribution is 8.00. The summed E-state index contributed by atoms with van der Waals surface area (Å²) in [5.74, 6) is 0.721. The van der Waals surface area contributed by atoms with Crippen LogP contribution in [0.15, 0.2) is 57.3 Å². The van der Waals surface area contributed by atoms with Gasteiger partial charge < -0.3 is 10.2 Å². The predicted molar refractivity (Wildman–Crippen MR) is 107 cm³/mol. The lowest BCUT2D eigenvalue weighted by atomic mass is 10.0. The first kappa shape index (κ1) is 18.6. The number of amides is 1. The number of nitrogens with two attached hydrogens (primary N) is 1. The van der Waals surface area contributed by atoms with Crippen LogP contribution in [0.2, 0.25) is 5.02 Å². The Kier molecular flexibility index (Phi) is 5.10. The van der Waals surface area contributed by atoms with Gasteiger partial charge in [-0.1, -0.05) is 35.5 Å². The smallest absolute Gasteiger partial charge is 0.256 e. The van der Waals surface area contributed by atoms with Gasteiger partial charge >= 0.3 is 0 Å². The molecule has 3 aromatic rings. The molecule has 1 aliphatic heterocycles. The first-order valence-corrected chi connectivity index (χ1v) is 9.81. The number of benzene rings is 1. The number of anilines is 1. The van der Waals surface area contributed by atoms with Crippen molar-refractivity contribution in [2.75, 3.05) is 5.73 Å². The predicted octanol–water partition coefficient (Wildman–Crippen LogP) is 3.49. The van der Waals surface area contributed by atoms with Crippen molar-refractivity contribution in [1.82, 2.24) is 20.2 Å². The maximum atomic E-state index is 13.1. The van der Waals surface area contributed by atoms with E-state index in [0.717, 1.165) is 11.3 Å². The molecule has 3 N–H and O–H groups in total. The molecule has 1 amide bonds. The molecule has 8 nitrogen and oxygen atoms in total. The van der Waals surface area contributed by atoms with E-state index in [1.165, 1.54) is 16.8 Å². The van der Waals surface area contributed by atoms with Gasteiger partial charge in [0.1, 0.15) is 11.8 Å². The van der Waals surface area contributed by atoms with Gasteiger partial charge in [0.25, 0.3) is 5.91 Å². The van der Waals surface area contributed by atoms with Gasteiger partial charge in [-0.2, -0.15) is 10.1 Å². The van der Waals surface area contributed by atoms with Crippen molar-refractivity contribution in [1.29, 1.82) is 0 Å². The number of hydrogen-bond acceptors (Lipinski definition) is 7. The molecule has 10 heteroatoms. The SMILES string of the molecule is C[C@H](Sc1n[nH]c(N)n1)C(=O)N1N=C(c2ccc(Cl)cc2)C[C@@H]1c1ccco1.